The quantitative estimate of drug-likeness (QED) is 0.730. The van der Waals surface area contributed by atoms with E-state index in [1.807, 2.05) is 0 Å². The number of amides is 1. The van der Waals surface area contributed by atoms with Crippen LogP contribution in [0.25, 0.3) is 0 Å². The molecule has 1 aromatic rings. The van der Waals surface area contributed by atoms with Crippen LogP contribution in [-0.2, 0) is 9.47 Å². The number of ether oxygens (including phenoxy) is 3. The van der Waals surface area contributed by atoms with Crippen LogP contribution in [0, 0.1) is 17.6 Å². The zero-order valence-corrected chi connectivity index (χ0v) is 16.5. The average molecular weight is 397 g/mol. The number of halogens is 2. The summed E-state index contributed by atoms with van der Waals surface area (Å²) < 4.78 is 44.1. The van der Waals surface area contributed by atoms with Crippen LogP contribution in [0.1, 0.15) is 44.0 Å². The third-order valence-electron chi connectivity index (χ3n) is 5.03. The van der Waals surface area contributed by atoms with E-state index in [1.165, 1.54) is 19.2 Å². The van der Waals surface area contributed by atoms with E-state index < -0.39 is 35.0 Å². The molecule has 2 heterocycles. The predicted molar refractivity (Wildman–Crippen MR) is 96.4 cm³/mol. The highest BCUT2D eigenvalue weighted by Crippen LogP contribution is 2.35. The lowest BCUT2D eigenvalue weighted by Crippen LogP contribution is -2.60. The van der Waals surface area contributed by atoms with Gasteiger partial charge in [-0.15, -0.1) is 0 Å². The van der Waals surface area contributed by atoms with Crippen LogP contribution in [-0.4, -0.2) is 54.8 Å². The number of hydrogen-bond acceptors (Lipinski definition) is 5. The number of carbonyl (C=O) groups is 2. The molecule has 2 aliphatic rings. The van der Waals surface area contributed by atoms with E-state index in [4.69, 9.17) is 14.2 Å². The van der Waals surface area contributed by atoms with E-state index in [0.29, 0.717) is 12.8 Å². The number of methoxy groups -OCH3 is 1. The fraction of sp³-hybridized carbons (Fsp3) is 0.600. The Hall–Kier alpha value is -2.22. The number of benzene rings is 1. The molecule has 2 saturated heterocycles. The Morgan fingerprint density at radius 2 is 1.71 bits per heavy atom. The van der Waals surface area contributed by atoms with Crippen LogP contribution < -0.4 is 4.74 Å². The van der Waals surface area contributed by atoms with Crippen LogP contribution in [0.5, 0.6) is 5.75 Å². The van der Waals surface area contributed by atoms with E-state index >= 15 is 0 Å². The average Bonchev–Trinajstić information content (AvgIpc) is 2.60. The van der Waals surface area contributed by atoms with Crippen LogP contribution in [0.3, 0.4) is 0 Å². The summed E-state index contributed by atoms with van der Waals surface area (Å²) in [6, 6.07) is 1.79. The zero-order valence-electron chi connectivity index (χ0n) is 16.5. The van der Waals surface area contributed by atoms with E-state index in [9.17, 15) is 18.4 Å². The Morgan fingerprint density at radius 3 is 2.25 bits per heavy atom. The molecule has 2 fully saturated rings. The van der Waals surface area contributed by atoms with E-state index in [0.717, 1.165) is 0 Å². The first-order valence-corrected chi connectivity index (χ1v) is 9.27. The van der Waals surface area contributed by atoms with Crippen molar-refractivity contribution in [1.29, 1.82) is 0 Å². The maximum absolute atomic E-state index is 14.4. The number of fused-ring (bicyclic) bond motifs is 2. The Kier molecular flexibility index (Phi) is 5.61. The molecule has 0 aliphatic carbocycles. The maximum Gasteiger partial charge on any atom is 0.410 e. The third-order valence-corrected chi connectivity index (χ3v) is 5.03. The molecule has 2 unspecified atom stereocenters. The highest BCUT2D eigenvalue weighted by molar-refractivity contribution is 5.98. The highest BCUT2D eigenvalue weighted by Gasteiger charge is 2.45. The van der Waals surface area contributed by atoms with Gasteiger partial charge in [-0.1, -0.05) is 0 Å². The molecule has 0 spiro atoms. The summed E-state index contributed by atoms with van der Waals surface area (Å²) in [6.07, 6.45) is 0.168. The molecule has 3 rings (SSSR count). The number of nitrogens with zero attached hydrogens (tertiary/aromatic N) is 1. The number of carbonyl (C=O) groups excluding carboxylic acids is 2. The van der Waals surface area contributed by atoms with Gasteiger partial charge >= 0.3 is 6.09 Å². The Labute approximate surface area is 162 Å². The lowest BCUT2D eigenvalue weighted by atomic mass is 9.80. The van der Waals surface area contributed by atoms with Crippen LogP contribution in [0.4, 0.5) is 13.6 Å². The molecule has 28 heavy (non-hydrogen) atoms. The maximum atomic E-state index is 14.4. The minimum Gasteiger partial charge on any atom is -0.494 e. The molecule has 2 aliphatic heterocycles. The minimum absolute atomic E-state index is 0.251. The monoisotopic (exact) mass is 397 g/mol. The van der Waals surface area contributed by atoms with Gasteiger partial charge in [-0.2, -0.15) is 4.39 Å². The molecule has 154 valence electrons. The minimum atomic E-state index is -1.21. The summed E-state index contributed by atoms with van der Waals surface area (Å²) in [4.78, 5) is 27.1. The van der Waals surface area contributed by atoms with E-state index in [2.05, 4.69) is 0 Å². The van der Waals surface area contributed by atoms with Crippen LogP contribution in [0.2, 0.25) is 0 Å². The molecule has 6 nitrogen and oxygen atoms in total. The number of Topliss-reactive ketones (excluding diaryl/α,β-unsaturated/α-hetero) is 1. The number of morpholine rings is 1. The number of ketones is 1. The summed E-state index contributed by atoms with van der Waals surface area (Å²) in [5.74, 6) is -3.64. The van der Waals surface area contributed by atoms with Crippen molar-refractivity contribution < 1.29 is 32.6 Å². The summed E-state index contributed by atoms with van der Waals surface area (Å²) in [6.45, 7) is 5.91. The van der Waals surface area contributed by atoms with Gasteiger partial charge in [0, 0.05) is 5.92 Å². The van der Waals surface area contributed by atoms with E-state index in [-0.39, 0.29) is 36.6 Å². The molecular formula is C20H25F2NO5. The first kappa shape index (κ1) is 20.5. The molecule has 0 N–H and O–H groups in total. The molecule has 0 radical (unpaired) electrons. The normalized spacial score (nSPS) is 24.6. The molecule has 8 heteroatoms. The summed E-state index contributed by atoms with van der Waals surface area (Å²) in [7, 11) is 1.23. The Morgan fingerprint density at radius 1 is 1.11 bits per heavy atom. The largest absolute Gasteiger partial charge is 0.494 e. The Balaban J connectivity index is 1.79. The fourth-order valence-electron chi connectivity index (χ4n) is 3.84. The van der Waals surface area contributed by atoms with Gasteiger partial charge in [0.15, 0.2) is 17.3 Å². The van der Waals surface area contributed by atoms with Crippen LogP contribution in [0.15, 0.2) is 12.1 Å². The standard InChI is InChI=1S/C20H25F2NO5/c1-20(2,3)28-19(25)23-12-7-11(8-13(23)10-27-9-12)18(24)14-5-6-15(26-4)17(22)16(14)21/h5-6,11-13H,7-10H2,1-4H3. The predicted octanol–water partition coefficient (Wildman–Crippen LogP) is 3.57. The first-order valence-electron chi connectivity index (χ1n) is 9.27. The molecule has 0 saturated carbocycles. The summed E-state index contributed by atoms with van der Waals surface area (Å²) >= 11 is 0. The number of piperidine rings is 1. The molecular weight excluding hydrogens is 372 g/mol. The molecule has 2 bridgehead atoms. The van der Waals surface area contributed by atoms with Crippen molar-refractivity contribution in [2.24, 2.45) is 5.92 Å². The second-order valence-corrected chi connectivity index (χ2v) is 8.21. The number of hydrogen-bond donors (Lipinski definition) is 0. The Bertz CT molecular complexity index is 763. The lowest BCUT2D eigenvalue weighted by Gasteiger charge is -2.47. The van der Waals surface area contributed by atoms with Gasteiger partial charge in [-0.3, -0.25) is 9.69 Å². The molecule has 2 atom stereocenters. The van der Waals surface area contributed by atoms with Gasteiger partial charge < -0.3 is 14.2 Å². The van der Waals surface area contributed by atoms with E-state index in [1.54, 1.807) is 25.7 Å². The van der Waals surface area contributed by atoms with Crippen molar-refractivity contribution in [3.05, 3.63) is 29.3 Å². The molecule has 1 amide bonds. The SMILES string of the molecule is COc1ccc(C(=O)C2CC3COCC(C2)N3C(=O)OC(C)(C)C)c(F)c1F. The van der Waals surface area contributed by atoms with Crippen molar-refractivity contribution in [3.8, 4) is 5.75 Å². The topological polar surface area (TPSA) is 65.1 Å². The second kappa shape index (κ2) is 7.66. The lowest BCUT2D eigenvalue weighted by molar-refractivity contribution is -0.0861. The van der Waals surface area contributed by atoms with Gasteiger partial charge in [-0.05, 0) is 45.7 Å². The molecule has 1 aromatic carbocycles. The highest BCUT2D eigenvalue weighted by atomic mass is 19.2. The van der Waals surface area contributed by atoms with Gasteiger partial charge in [-0.25, -0.2) is 9.18 Å². The third kappa shape index (κ3) is 3.97. The van der Waals surface area contributed by atoms with Gasteiger partial charge in [0.05, 0.1) is 38.0 Å². The van der Waals surface area contributed by atoms with Crippen molar-refractivity contribution >= 4 is 11.9 Å². The van der Waals surface area contributed by atoms with Gasteiger partial charge in [0.2, 0.25) is 5.82 Å². The van der Waals surface area contributed by atoms with Crippen LogP contribution >= 0.6 is 0 Å². The van der Waals surface area contributed by atoms with Crippen molar-refractivity contribution in [2.75, 3.05) is 20.3 Å². The van der Waals surface area contributed by atoms with Gasteiger partial charge in [0.1, 0.15) is 5.60 Å². The van der Waals surface area contributed by atoms with Gasteiger partial charge in [0.25, 0.3) is 0 Å². The second-order valence-electron chi connectivity index (χ2n) is 8.21. The summed E-state index contributed by atoms with van der Waals surface area (Å²) in [5.41, 5.74) is -0.934. The fourth-order valence-corrected chi connectivity index (χ4v) is 3.84. The first-order chi connectivity index (χ1) is 13.1. The smallest absolute Gasteiger partial charge is 0.410 e. The molecule has 0 aromatic heterocycles. The van der Waals surface area contributed by atoms with Crippen molar-refractivity contribution in [1.82, 2.24) is 4.90 Å². The van der Waals surface area contributed by atoms with Crippen molar-refractivity contribution in [3.63, 3.8) is 0 Å². The summed E-state index contributed by atoms with van der Waals surface area (Å²) in [5, 5.41) is 0. The zero-order chi connectivity index (χ0) is 20.6. The van der Waals surface area contributed by atoms with Crippen molar-refractivity contribution in [2.45, 2.75) is 51.3 Å². The number of rotatable bonds is 3.